The molecule has 1 aliphatic heterocycles. The SMILES string of the molecule is CC1(Nc2cc(C(F)(F)F)nc(Cl)n2)CCCOC1. The monoisotopic (exact) mass is 295 g/mol. The van der Waals surface area contributed by atoms with Gasteiger partial charge in [-0.1, -0.05) is 0 Å². The van der Waals surface area contributed by atoms with Gasteiger partial charge in [0.1, 0.15) is 5.82 Å². The fraction of sp³-hybridized carbons (Fsp3) is 0.636. The molecule has 4 nitrogen and oxygen atoms in total. The molecule has 0 bridgehead atoms. The first-order valence-corrected chi connectivity index (χ1v) is 6.14. The van der Waals surface area contributed by atoms with Crippen molar-refractivity contribution in [2.75, 3.05) is 18.5 Å². The van der Waals surface area contributed by atoms with E-state index in [1.807, 2.05) is 6.92 Å². The zero-order chi connectivity index (χ0) is 14.1. The zero-order valence-electron chi connectivity index (χ0n) is 10.2. The van der Waals surface area contributed by atoms with Crippen LogP contribution in [0.2, 0.25) is 5.28 Å². The molecule has 1 fully saturated rings. The third-order valence-corrected chi connectivity index (χ3v) is 3.03. The molecule has 1 aromatic heterocycles. The summed E-state index contributed by atoms with van der Waals surface area (Å²) in [5.74, 6) is 0.0559. The predicted octanol–water partition coefficient (Wildman–Crippen LogP) is 3.13. The number of hydrogen-bond donors (Lipinski definition) is 1. The molecule has 1 N–H and O–H groups in total. The highest BCUT2D eigenvalue weighted by Crippen LogP contribution is 2.31. The van der Waals surface area contributed by atoms with Crippen LogP contribution in [0.5, 0.6) is 0 Å². The lowest BCUT2D eigenvalue weighted by Gasteiger charge is -2.34. The van der Waals surface area contributed by atoms with Gasteiger partial charge in [-0.15, -0.1) is 0 Å². The third-order valence-electron chi connectivity index (χ3n) is 2.86. The summed E-state index contributed by atoms with van der Waals surface area (Å²) >= 11 is 5.53. The quantitative estimate of drug-likeness (QED) is 0.852. The smallest absolute Gasteiger partial charge is 0.379 e. The number of aromatic nitrogens is 2. The second-order valence-electron chi connectivity index (χ2n) is 4.75. The van der Waals surface area contributed by atoms with E-state index in [0.717, 1.165) is 18.9 Å². The van der Waals surface area contributed by atoms with Crippen LogP contribution in [-0.4, -0.2) is 28.7 Å². The topological polar surface area (TPSA) is 47.0 Å². The molecule has 0 radical (unpaired) electrons. The molecule has 106 valence electrons. The Hall–Kier alpha value is -1.08. The molecule has 8 heteroatoms. The number of ether oxygens (including phenoxy) is 1. The molecule has 1 aromatic rings. The lowest BCUT2D eigenvalue weighted by molar-refractivity contribution is -0.141. The summed E-state index contributed by atoms with van der Waals surface area (Å²) in [7, 11) is 0. The molecule has 2 heterocycles. The van der Waals surface area contributed by atoms with Gasteiger partial charge in [0.15, 0.2) is 5.69 Å². The van der Waals surface area contributed by atoms with E-state index >= 15 is 0 Å². The van der Waals surface area contributed by atoms with Crippen molar-refractivity contribution in [3.63, 3.8) is 0 Å². The Labute approximate surface area is 113 Å². The molecule has 2 rings (SSSR count). The Kier molecular flexibility index (Phi) is 3.87. The summed E-state index contributed by atoms with van der Waals surface area (Å²) in [5.41, 5.74) is -1.51. The maximum absolute atomic E-state index is 12.6. The average molecular weight is 296 g/mol. The Bertz CT molecular complexity index is 461. The third kappa shape index (κ3) is 3.70. The number of nitrogens with zero attached hydrogens (tertiary/aromatic N) is 2. The molecule has 1 saturated heterocycles. The molecule has 0 spiro atoms. The van der Waals surface area contributed by atoms with Crippen LogP contribution in [0.15, 0.2) is 6.07 Å². The highest BCUT2D eigenvalue weighted by Gasteiger charge is 2.35. The highest BCUT2D eigenvalue weighted by molar-refractivity contribution is 6.28. The summed E-state index contributed by atoms with van der Waals surface area (Å²) in [6.45, 7) is 2.95. The normalized spacial score (nSPS) is 24.3. The average Bonchev–Trinajstić information content (AvgIpc) is 2.27. The maximum Gasteiger partial charge on any atom is 0.433 e. The van der Waals surface area contributed by atoms with Crippen molar-refractivity contribution in [2.45, 2.75) is 31.5 Å². The van der Waals surface area contributed by atoms with Gasteiger partial charge in [0.05, 0.1) is 12.1 Å². The largest absolute Gasteiger partial charge is 0.433 e. The molecular weight excluding hydrogens is 283 g/mol. The van der Waals surface area contributed by atoms with Gasteiger partial charge < -0.3 is 10.1 Å². The number of anilines is 1. The molecule has 0 amide bonds. The molecule has 1 atom stereocenters. The van der Waals surface area contributed by atoms with Gasteiger partial charge in [0.25, 0.3) is 0 Å². The van der Waals surface area contributed by atoms with Crippen LogP contribution >= 0.6 is 11.6 Å². The van der Waals surface area contributed by atoms with Crippen LogP contribution in [0, 0.1) is 0 Å². The van der Waals surface area contributed by atoms with Gasteiger partial charge in [-0.05, 0) is 31.4 Å². The van der Waals surface area contributed by atoms with E-state index in [1.54, 1.807) is 0 Å². The molecule has 0 aromatic carbocycles. The highest BCUT2D eigenvalue weighted by atomic mass is 35.5. The first kappa shape index (κ1) is 14.3. The van der Waals surface area contributed by atoms with E-state index in [1.165, 1.54) is 0 Å². The first-order chi connectivity index (χ1) is 8.78. The van der Waals surface area contributed by atoms with Crippen LogP contribution in [-0.2, 0) is 10.9 Å². The summed E-state index contributed by atoms with van der Waals surface area (Å²) in [5, 5.41) is 2.52. The van der Waals surface area contributed by atoms with Gasteiger partial charge in [-0.25, -0.2) is 9.97 Å². The van der Waals surface area contributed by atoms with E-state index in [0.29, 0.717) is 13.2 Å². The summed E-state index contributed by atoms with van der Waals surface area (Å²) in [4.78, 5) is 6.95. The van der Waals surface area contributed by atoms with Crippen molar-refractivity contribution in [3.8, 4) is 0 Å². The van der Waals surface area contributed by atoms with Crippen molar-refractivity contribution >= 4 is 17.4 Å². The summed E-state index contributed by atoms with van der Waals surface area (Å²) in [6.07, 6.45) is -2.92. The Morgan fingerprint density at radius 3 is 2.74 bits per heavy atom. The van der Waals surface area contributed by atoms with Crippen LogP contribution in [0.4, 0.5) is 19.0 Å². The van der Waals surface area contributed by atoms with Crippen molar-refractivity contribution in [3.05, 3.63) is 17.0 Å². The van der Waals surface area contributed by atoms with E-state index < -0.39 is 22.7 Å². The molecule has 19 heavy (non-hydrogen) atoms. The number of rotatable bonds is 2. The zero-order valence-corrected chi connectivity index (χ0v) is 11.0. The van der Waals surface area contributed by atoms with Crippen LogP contribution in [0.1, 0.15) is 25.5 Å². The van der Waals surface area contributed by atoms with Gasteiger partial charge in [0, 0.05) is 12.7 Å². The fourth-order valence-corrected chi connectivity index (χ4v) is 2.15. The fourth-order valence-electron chi connectivity index (χ4n) is 1.97. The molecular formula is C11H13ClF3N3O. The number of alkyl halides is 3. The Morgan fingerprint density at radius 2 is 2.16 bits per heavy atom. The van der Waals surface area contributed by atoms with Gasteiger partial charge >= 0.3 is 6.18 Å². The number of halogens is 4. The standard InChI is InChI=1S/C11H13ClF3N3O/c1-10(3-2-4-19-6-10)18-8-5-7(11(13,14)15)16-9(12)17-8/h5H,2-4,6H2,1H3,(H,16,17,18). The number of nitrogens with one attached hydrogen (secondary N) is 1. The van der Waals surface area contributed by atoms with Crippen molar-refractivity contribution in [1.29, 1.82) is 0 Å². The maximum atomic E-state index is 12.6. The first-order valence-electron chi connectivity index (χ1n) is 5.76. The van der Waals surface area contributed by atoms with Crippen molar-refractivity contribution in [1.82, 2.24) is 9.97 Å². The molecule has 1 aliphatic rings. The lowest BCUT2D eigenvalue weighted by Crippen LogP contribution is -2.43. The lowest BCUT2D eigenvalue weighted by atomic mass is 9.95. The van der Waals surface area contributed by atoms with E-state index in [-0.39, 0.29) is 5.82 Å². The minimum atomic E-state index is -4.55. The van der Waals surface area contributed by atoms with E-state index in [4.69, 9.17) is 16.3 Å². The second kappa shape index (κ2) is 5.13. The van der Waals surface area contributed by atoms with Crippen LogP contribution in [0.25, 0.3) is 0 Å². The number of hydrogen-bond acceptors (Lipinski definition) is 4. The Balaban J connectivity index is 2.22. The van der Waals surface area contributed by atoms with Crippen molar-refractivity contribution < 1.29 is 17.9 Å². The minimum absolute atomic E-state index is 0.0559. The predicted molar refractivity (Wildman–Crippen MR) is 64.1 cm³/mol. The van der Waals surface area contributed by atoms with Gasteiger partial charge in [-0.2, -0.15) is 13.2 Å². The minimum Gasteiger partial charge on any atom is -0.379 e. The van der Waals surface area contributed by atoms with Crippen LogP contribution in [0.3, 0.4) is 0 Å². The summed E-state index contributed by atoms with van der Waals surface area (Å²) < 4.78 is 43.2. The summed E-state index contributed by atoms with van der Waals surface area (Å²) in [6, 6.07) is 0.853. The van der Waals surface area contributed by atoms with E-state index in [2.05, 4.69) is 15.3 Å². The van der Waals surface area contributed by atoms with Crippen LogP contribution < -0.4 is 5.32 Å². The Morgan fingerprint density at radius 1 is 1.42 bits per heavy atom. The van der Waals surface area contributed by atoms with Crippen molar-refractivity contribution in [2.24, 2.45) is 0 Å². The second-order valence-corrected chi connectivity index (χ2v) is 5.09. The van der Waals surface area contributed by atoms with Gasteiger partial charge in [-0.3, -0.25) is 0 Å². The van der Waals surface area contributed by atoms with Gasteiger partial charge in [0.2, 0.25) is 5.28 Å². The van der Waals surface area contributed by atoms with E-state index in [9.17, 15) is 13.2 Å². The molecule has 1 unspecified atom stereocenters. The molecule has 0 aliphatic carbocycles. The molecule has 0 saturated carbocycles.